The van der Waals surface area contributed by atoms with Gasteiger partial charge in [-0.25, -0.2) is 4.98 Å². The molecule has 0 radical (unpaired) electrons. The summed E-state index contributed by atoms with van der Waals surface area (Å²) in [6.45, 7) is 4.93. The van der Waals surface area contributed by atoms with Crippen molar-refractivity contribution < 1.29 is 4.74 Å². The van der Waals surface area contributed by atoms with E-state index in [4.69, 9.17) is 4.74 Å². The molecule has 2 rings (SSSR count). The van der Waals surface area contributed by atoms with Gasteiger partial charge in [0.1, 0.15) is 0 Å². The predicted octanol–water partition coefficient (Wildman–Crippen LogP) is 1.97. The second kappa shape index (κ2) is 5.58. The van der Waals surface area contributed by atoms with Crippen LogP contribution in [0.4, 0.5) is 0 Å². The number of nitrogens with zero attached hydrogens (tertiary/aromatic N) is 1. The van der Waals surface area contributed by atoms with Crippen molar-refractivity contribution in [3.63, 3.8) is 0 Å². The monoisotopic (exact) mass is 226 g/mol. The van der Waals surface area contributed by atoms with Gasteiger partial charge in [-0.2, -0.15) is 0 Å². The highest BCUT2D eigenvalue weighted by atomic mass is 32.1. The molecule has 84 valence electrons. The summed E-state index contributed by atoms with van der Waals surface area (Å²) in [4.78, 5) is 4.49. The van der Waals surface area contributed by atoms with Crippen LogP contribution in [0.3, 0.4) is 0 Å². The van der Waals surface area contributed by atoms with E-state index in [-0.39, 0.29) is 0 Å². The lowest BCUT2D eigenvalue weighted by atomic mass is 10.1. The normalized spacial score (nSPS) is 21.8. The summed E-state index contributed by atoms with van der Waals surface area (Å²) < 4.78 is 5.81. The van der Waals surface area contributed by atoms with E-state index in [1.54, 1.807) is 11.3 Å². The Morgan fingerprint density at radius 3 is 3.27 bits per heavy atom. The molecule has 0 saturated carbocycles. The van der Waals surface area contributed by atoms with E-state index in [1.165, 1.54) is 17.8 Å². The quantitative estimate of drug-likeness (QED) is 0.852. The zero-order valence-corrected chi connectivity index (χ0v) is 9.98. The maximum Gasteiger partial charge on any atom is 0.0926 e. The highest BCUT2D eigenvalue weighted by Crippen LogP contribution is 2.13. The van der Waals surface area contributed by atoms with Gasteiger partial charge in [0.2, 0.25) is 0 Å². The summed E-state index contributed by atoms with van der Waals surface area (Å²) >= 11 is 1.73. The van der Waals surface area contributed by atoms with Crippen LogP contribution in [0.5, 0.6) is 0 Å². The summed E-state index contributed by atoms with van der Waals surface area (Å²) in [5, 5.41) is 6.65. The average Bonchev–Trinajstić information content (AvgIpc) is 2.76. The molecule has 0 bridgehead atoms. The second-order valence-electron chi connectivity index (χ2n) is 3.87. The molecule has 0 aromatic carbocycles. The minimum atomic E-state index is 0.380. The van der Waals surface area contributed by atoms with Gasteiger partial charge in [0, 0.05) is 11.9 Å². The molecule has 0 spiro atoms. The Labute approximate surface area is 94.9 Å². The van der Waals surface area contributed by atoms with Gasteiger partial charge < -0.3 is 10.1 Å². The summed E-state index contributed by atoms with van der Waals surface area (Å²) in [6, 6.07) is 0. The lowest BCUT2D eigenvalue weighted by molar-refractivity contribution is 0.0238. The van der Waals surface area contributed by atoms with E-state index in [2.05, 4.69) is 22.6 Å². The largest absolute Gasteiger partial charge is 0.371 e. The molecule has 0 amide bonds. The number of thiazole rings is 1. The smallest absolute Gasteiger partial charge is 0.0926 e. The van der Waals surface area contributed by atoms with Crippen LogP contribution in [0.1, 0.15) is 30.5 Å². The van der Waals surface area contributed by atoms with E-state index < -0.39 is 0 Å². The Balaban J connectivity index is 1.76. The third-order valence-corrected chi connectivity index (χ3v) is 3.66. The average molecular weight is 226 g/mol. The van der Waals surface area contributed by atoms with Crippen molar-refractivity contribution in [1.82, 2.24) is 10.3 Å². The zero-order chi connectivity index (χ0) is 10.5. The third-order valence-electron chi connectivity index (χ3n) is 2.62. The van der Waals surface area contributed by atoms with Crippen molar-refractivity contribution in [3.05, 3.63) is 16.1 Å². The minimum Gasteiger partial charge on any atom is -0.371 e. The number of rotatable bonds is 4. The summed E-state index contributed by atoms with van der Waals surface area (Å²) in [5.41, 5.74) is 1.09. The number of ether oxygens (including phenoxy) is 1. The van der Waals surface area contributed by atoms with Crippen LogP contribution >= 0.6 is 11.3 Å². The van der Waals surface area contributed by atoms with Crippen molar-refractivity contribution in [2.45, 2.75) is 38.9 Å². The first-order valence-corrected chi connectivity index (χ1v) is 6.52. The van der Waals surface area contributed by atoms with Gasteiger partial charge in [0.25, 0.3) is 0 Å². The highest BCUT2D eigenvalue weighted by molar-refractivity contribution is 7.09. The number of aromatic nitrogens is 1. The molecule has 4 heteroatoms. The summed E-state index contributed by atoms with van der Waals surface area (Å²) in [6.07, 6.45) is 3.81. The van der Waals surface area contributed by atoms with Crippen LogP contribution in [0.25, 0.3) is 0 Å². The molecule has 1 aliphatic heterocycles. The Hall–Kier alpha value is -0.450. The first-order valence-electron chi connectivity index (χ1n) is 5.64. The molecule has 1 fully saturated rings. The molecule has 2 heterocycles. The standard InChI is InChI=1S/C11H18N2OS/c1-2-11-13-9(8-15-11)7-14-10-4-3-5-12-6-10/h8,10,12H,2-7H2,1H3/t10-/m0/s1. The van der Waals surface area contributed by atoms with Gasteiger partial charge in [-0.1, -0.05) is 6.92 Å². The molecule has 1 aromatic rings. The van der Waals surface area contributed by atoms with Crippen molar-refractivity contribution in [2.75, 3.05) is 13.1 Å². The predicted molar refractivity (Wildman–Crippen MR) is 62.2 cm³/mol. The van der Waals surface area contributed by atoms with Crippen LogP contribution in [0, 0.1) is 0 Å². The van der Waals surface area contributed by atoms with Crippen molar-refractivity contribution in [1.29, 1.82) is 0 Å². The van der Waals surface area contributed by atoms with Crippen molar-refractivity contribution >= 4 is 11.3 Å². The second-order valence-corrected chi connectivity index (χ2v) is 4.81. The molecule has 0 aliphatic carbocycles. The first-order chi connectivity index (χ1) is 7.38. The molecule has 0 unspecified atom stereocenters. The van der Waals surface area contributed by atoms with Gasteiger partial charge in [-0.3, -0.25) is 0 Å². The minimum absolute atomic E-state index is 0.380. The molecule has 1 saturated heterocycles. The number of hydrogen-bond donors (Lipinski definition) is 1. The first kappa shape index (κ1) is 11.0. The van der Waals surface area contributed by atoms with Gasteiger partial charge in [0.05, 0.1) is 23.4 Å². The van der Waals surface area contributed by atoms with Crippen LogP contribution in [0.2, 0.25) is 0 Å². The third kappa shape index (κ3) is 3.26. The molecule has 1 aromatic heterocycles. The molecule has 1 atom stereocenters. The van der Waals surface area contributed by atoms with E-state index in [1.807, 2.05) is 0 Å². The number of nitrogens with one attached hydrogen (secondary N) is 1. The lowest BCUT2D eigenvalue weighted by Crippen LogP contribution is -2.35. The van der Waals surface area contributed by atoms with Crippen LogP contribution < -0.4 is 5.32 Å². The zero-order valence-electron chi connectivity index (χ0n) is 9.16. The summed E-state index contributed by atoms with van der Waals surface area (Å²) in [7, 11) is 0. The van der Waals surface area contributed by atoms with Crippen molar-refractivity contribution in [2.24, 2.45) is 0 Å². The SMILES string of the molecule is CCc1nc(CO[C@H]2CCCNC2)cs1. The fourth-order valence-corrected chi connectivity index (χ4v) is 2.47. The number of hydrogen-bond acceptors (Lipinski definition) is 4. The van der Waals surface area contributed by atoms with E-state index in [0.717, 1.165) is 25.2 Å². The Morgan fingerprint density at radius 1 is 1.67 bits per heavy atom. The van der Waals surface area contributed by atoms with Crippen LogP contribution in [0.15, 0.2) is 5.38 Å². The van der Waals surface area contributed by atoms with E-state index in [0.29, 0.717) is 12.7 Å². The maximum atomic E-state index is 5.81. The molecular weight excluding hydrogens is 208 g/mol. The van der Waals surface area contributed by atoms with Crippen molar-refractivity contribution in [3.8, 4) is 0 Å². The molecular formula is C11H18N2OS. The topological polar surface area (TPSA) is 34.1 Å². The number of piperidine rings is 1. The molecule has 1 aliphatic rings. The van der Waals surface area contributed by atoms with Crippen LogP contribution in [-0.4, -0.2) is 24.2 Å². The van der Waals surface area contributed by atoms with Crippen LogP contribution in [-0.2, 0) is 17.8 Å². The number of aryl methyl sites for hydroxylation is 1. The van der Waals surface area contributed by atoms with Gasteiger partial charge >= 0.3 is 0 Å². The molecule has 1 N–H and O–H groups in total. The molecule has 3 nitrogen and oxygen atoms in total. The summed E-state index contributed by atoms with van der Waals surface area (Å²) in [5.74, 6) is 0. The maximum absolute atomic E-state index is 5.81. The fraction of sp³-hybridized carbons (Fsp3) is 0.727. The lowest BCUT2D eigenvalue weighted by Gasteiger charge is -2.22. The van der Waals surface area contributed by atoms with Gasteiger partial charge in [-0.15, -0.1) is 11.3 Å². The fourth-order valence-electron chi connectivity index (χ4n) is 1.74. The Morgan fingerprint density at radius 2 is 2.60 bits per heavy atom. The van der Waals surface area contributed by atoms with E-state index in [9.17, 15) is 0 Å². The van der Waals surface area contributed by atoms with Gasteiger partial charge in [-0.05, 0) is 25.8 Å². The Bertz CT molecular complexity index is 295. The molecule has 15 heavy (non-hydrogen) atoms. The highest BCUT2D eigenvalue weighted by Gasteiger charge is 2.13. The van der Waals surface area contributed by atoms with E-state index >= 15 is 0 Å². The van der Waals surface area contributed by atoms with Gasteiger partial charge in [0.15, 0.2) is 0 Å². The Kier molecular flexibility index (Phi) is 4.11.